The van der Waals surface area contributed by atoms with E-state index in [-0.39, 0.29) is 23.8 Å². The monoisotopic (exact) mass is 357 g/mol. The molecule has 4 atom stereocenters. The predicted molar refractivity (Wildman–Crippen MR) is 97.9 cm³/mol. The van der Waals surface area contributed by atoms with Crippen molar-refractivity contribution in [3.8, 4) is 0 Å². The molecular formula is C22H25F2NO. The number of halogens is 2. The molecule has 2 heterocycles. The van der Waals surface area contributed by atoms with Crippen molar-refractivity contribution in [3.05, 3.63) is 71.3 Å². The molecular weight excluding hydrogens is 332 g/mol. The maximum Gasteiger partial charge on any atom is 0.123 e. The van der Waals surface area contributed by atoms with Crippen LogP contribution in [-0.2, 0) is 4.74 Å². The summed E-state index contributed by atoms with van der Waals surface area (Å²) in [5, 5.41) is 0. The van der Waals surface area contributed by atoms with Crippen LogP contribution in [0.3, 0.4) is 0 Å². The predicted octanol–water partition coefficient (Wildman–Crippen LogP) is 4.94. The Morgan fingerprint density at radius 3 is 2.00 bits per heavy atom. The SMILES string of the molecule is C[C@@H]1C2CCC(C[C@@H]1OC(c1ccc(F)cc1)c1ccc(F)cc1)N2C. The lowest BCUT2D eigenvalue weighted by Crippen LogP contribution is -2.49. The van der Waals surface area contributed by atoms with Gasteiger partial charge in [0.25, 0.3) is 0 Å². The van der Waals surface area contributed by atoms with Crippen LogP contribution in [0.2, 0.25) is 0 Å². The minimum absolute atomic E-state index is 0.142. The molecule has 2 aromatic rings. The molecule has 0 aromatic heterocycles. The van der Waals surface area contributed by atoms with Crippen LogP contribution in [0.1, 0.15) is 43.4 Å². The zero-order valence-electron chi connectivity index (χ0n) is 15.2. The molecule has 0 saturated carbocycles. The first kappa shape index (κ1) is 17.6. The first-order valence-electron chi connectivity index (χ1n) is 9.41. The summed E-state index contributed by atoms with van der Waals surface area (Å²) in [6, 6.07) is 14.0. The second-order valence-electron chi connectivity index (χ2n) is 7.72. The number of ether oxygens (including phenoxy) is 1. The molecule has 2 unspecified atom stereocenters. The second kappa shape index (κ2) is 7.09. The topological polar surface area (TPSA) is 12.5 Å². The summed E-state index contributed by atoms with van der Waals surface area (Å²) >= 11 is 0. The quantitative estimate of drug-likeness (QED) is 0.768. The molecule has 2 bridgehead atoms. The highest BCUT2D eigenvalue weighted by molar-refractivity contribution is 5.30. The first-order chi connectivity index (χ1) is 12.5. The van der Waals surface area contributed by atoms with Crippen molar-refractivity contribution < 1.29 is 13.5 Å². The van der Waals surface area contributed by atoms with Crippen molar-refractivity contribution in [2.24, 2.45) is 5.92 Å². The highest BCUT2D eigenvalue weighted by atomic mass is 19.1. The smallest absolute Gasteiger partial charge is 0.123 e. The lowest BCUT2D eigenvalue weighted by atomic mass is 9.88. The number of hydrogen-bond acceptors (Lipinski definition) is 2. The standard InChI is InChI=1S/C22H25F2NO/c1-14-20-12-11-19(25(20)2)13-21(14)26-22(15-3-7-17(23)8-4-15)16-5-9-18(24)10-6-16/h3-10,14,19-22H,11-13H2,1-2H3/t14-,19?,20?,21+/m1/s1. The number of hydrogen-bond donors (Lipinski definition) is 0. The van der Waals surface area contributed by atoms with Gasteiger partial charge in [-0.3, -0.25) is 0 Å². The van der Waals surface area contributed by atoms with E-state index in [4.69, 9.17) is 4.74 Å². The Hall–Kier alpha value is -1.78. The molecule has 26 heavy (non-hydrogen) atoms. The number of fused-ring (bicyclic) bond motifs is 2. The largest absolute Gasteiger partial charge is 0.365 e. The summed E-state index contributed by atoms with van der Waals surface area (Å²) in [6.45, 7) is 2.26. The summed E-state index contributed by atoms with van der Waals surface area (Å²) in [5.41, 5.74) is 1.80. The van der Waals surface area contributed by atoms with Crippen LogP contribution in [0.4, 0.5) is 8.78 Å². The van der Waals surface area contributed by atoms with Crippen molar-refractivity contribution in [2.45, 2.75) is 50.5 Å². The average molecular weight is 357 g/mol. The fourth-order valence-electron chi connectivity index (χ4n) is 4.67. The summed E-state index contributed by atoms with van der Waals surface area (Å²) in [4.78, 5) is 2.50. The maximum absolute atomic E-state index is 13.4. The molecule has 4 heteroatoms. The molecule has 4 rings (SSSR count). The third-order valence-electron chi connectivity index (χ3n) is 6.25. The van der Waals surface area contributed by atoms with Gasteiger partial charge in [-0.05, 0) is 67.6 Å². The Labute approximate surface area is 153 Å². The Kier molecular flexibility index (Phi) is 4.80. The van der Waals surface area contributed by atoms with Gasteiger partial charge < -0.3 is 9.64 Å². The average Bonchev–Trinajstić information content (AvgIpc) is 2.91. The van der Waals surface area contributed by atoms with E-state index in [1.54, 1.807) is 24.3 Å². The maximum atomic E-state index is 13.4. The van der Waals surface area contributed by atoms with Gasteiger partial charge >= 0.3 is 0 Å². The van der Waals surface area contributed by atoms with E-state index in [0.717, 1.165) is 17.5 Å². The van der Waals surface area contributed by atoms with Crippen LogP contribution in [-0.4, -0.2) is 30.1 Å². The Morgan fingerprint density at radius 2 is 1.46 bits per heavy atom. The van der Waals surface area contributed by atoms with E-state index in [0.29, 0.717) is 18.0 Å². The van der Waals surface area contributed by atoms with Gasteiger partial charge in [-0.2, -0.15) is 0 Å². The molecule has 0 spiro atoms. The highest BCUT2D eigenvalue weighted by Crippen LogP contribution is 2.41. The van der Waals surface area contributed by atoms with Crippen LogP contribution in [0, 0.1) is 17.6 Å². The lowest BCUT2D eigenvalue weighted by Gasteiger charge is -2.42. The Morgan fingerprint density at radius 1 is 0.923 bits per heavy atom. The third kappa shape index (κ3) is 3.28. The van der Waals surface area contributed by atoms with E-state index in [1.165, 1.54) is 37.1 Å². The minimum Gasteiger partial charge on any atom is -0.365 e. The molecule has 2 nitrogen and oxygen atoms in total. The van der Waals surface area contributed by atoms with E-state index < -0.39 is 0 Å². The van der Waals surface area contributed by atoms with Crippen LogP contribution in [0.5, 0.6) is 0 Å². The van der Waals surface area contributed by atoms with Crippen molar-refractivity contribution in [1.82, 2.24) is 4.90 Å². The van der Waals surface area contributed by atoms with E-state index in [1.807, 2.05) is 0 Å². The van der Waals surface area contributed by atoms with Crippen molar-refractivity contribution in [3.63, 3.8) is 0 Å². The number of rotatable bonds is 4. The molecule has 0 N–H and O–H groups in total. The van der Waals surface area contributed by atoms with E-state index in [9.17, 15) is 8.78 Å². The van der Waals surface area contributed by atoms with Crippen LogP contribution >= 0.6 is 0 Å². The lowest BCUT2D eigenvalue weighted by molar-refractivity contribution is -0.0759. The summed E-state index contributed by atoms with van der Waals surface area (Å²) in [7, 11) is 2.21. The fourth-order valence-corrected chi connectivity index (χ4v) is 4.67. The van der Waals surface area contributed by atoms with Gasteiger partial charge in [-0.15, -0.1) is 0 Å². The highest BCUT2D eigenvalue weighted by Gasteiger charge is 2.44. The minimum atomic E-state index is -0.313. The molecule has 2 aliphatic rings. The van der Waals surface area contributed by atoms with Gasteiger partial charge in [-0.1, -0.05) is 31.2 Å². The summed E-state index contributed by atoms with van der Waals surface area (Å²) in [6.07, 6.45) is 3.28. The van der Waals surface area contributed by atoms with Gasteiger partial charge in [0.15, 0.2) is 0 Å². The first-order valence-corrected chi connectivity index (χ1v) is 9.41. The summed E-state index contributed by atoms with van der Waals surface area (Å²) < 4.78 is 33.4. The van der Waals surface area contributed by atoms with Gasteiger partial charge in [0, 0.05) is 12.1 Å². The number of nitrogens with zero attached hydrogens (tertiary/aromatic N) is 1. The van der Waals surface area contributed by atoms with Crippen molar-refractivity contribution >= 4 is 0 Å². The zero-order chi connectivity index (χ0) is 18.3. The second-order valence-corrected chi connectivity index (χ2v) is 7.72. The molecule has 2 fully saturated rings. The normalized spacial score (nSPS) is 28.7. The van der Waals surface area contributed by atoms with Gasteiger partial charge in [0.1, 0.15) is 17.7 Å². The molecule has 138 valence electrons. The fraction of sp³-hybridized carbons (Fsp3) is 0.455. The van der Waals surface area contributed by atoms with E-state index >= 15 is 0 Å². The summed E-state index contributed by atoms with van der Waals surface area (Å²) in [5.74, 6) is -0.100. The van der Waals surface area contributed by atoms with Crippen LogP contribution in [0.25, 0.3) is 0 Å². The van der Waals surface area contributed by atoms with Crippen LogP contribution < -0.4 is 0 Å². The van der Waals surface area contributed by atoms with Crippen molar-refractivity contribution in [2.75, 3.05) is 7.05 Å². The molecule has 0 aliphatic carbocycles. The molecule has 2 aliphatic heterocycles. The van der Waals surface area contributed by atoms with Crippen molar-refractivity contribution in [1.29, 1.82) is 0 Å². The van der Waals surface area contributed by atoms with E-state index in [2.05, 4.69) is 18.9 Å². The Balaban J connectivity index is 1.63. The van der Waals surface area contributed by atoms with Gasteiger partial charge in [-0.25, -0.2) is 8.78 Å². The molecule has 0 amide bonds. The molecule has 0 radical (unpaired) electrons. The molecule has 2 aromatic carbocycles. The zero-order valence-corrected chi connectivity index (χ0v) is 15.2. The number of piperidine rings is 1. The molecule has 2 saturated heterocycles. The van der Waals surface area contributed by atoms with Gasteiger partial charge in [0.05, 0.1) is 6.10 Å². The Bertz CT molecular complexity index is 700. The van der Waals surface area contributed by atoms with Gasteiger partial charge in [0.2, 0.25) is 0 Å². The third-order valence-corrected chi connectivity index (χ3v) is 6.25. The number of benzene rings is 2. The van der Waals surface area contributed by atoms with Crippen LogP contribution in [0.15, 0.2) is 48.5 Å².